The first kappa shape index (κ1) is 16.3. The summed E-state index contributed by atoms with van der Waals surface area (Å²) in [5.41, 5.74) is 1.85. The zero-order valence-corrected chi connectivity index (χ0v) is 14.2. The van der Waals surface area contributed by atoms with E-state index in [-0.39, 0.29) is 5.91 Å². The highest BCUT2D eigenvalue weighted by molar-refractivity contribution is 5.94. The molecule has 3 rings (SSSR count). The third-order valence-corrected chi connectivity index (χ3v) is 4.44. The van der Waals surface area contributed by atoms with Crippen LogP contribution in [0.25, 0.3) is 0 Å². The fourth-order valence-corrected chi connectivity index (χ4v) is 3.20. The fourth-order valence-electron chi connectivity index (χ4n) is 3.20. The van der Waals surface area contributed by atoms with E-state index in [1.807, 2.05) is 31.2 Å². The number of aromatic nitrogens is 1. The van der Waals surface area contributed by atoms with Crippen LogP contribution in [0.15, 0.2) is 42.6 Å². The first-order valence-corrected chi connectivity index (χ1v) is 8.35. The molecule has 1 aromatic heterocycles. The minimum atomic E-state index is -0.0788. The highest BCUT2D eigenvalue weighted by atomic mass is 16.5. The number of para-hydroxylation sites is 1. The number of benzene rings is 1. The zero-order chi connectivity index (χ0) is 16.9. The Hall–Kier alpha value is -2.56. The fraction of sp³-hybridized carbons (Fsp3) is 0.368. The maximum Gasteiger partial charge on any atom is 0.252 e. The third kappa shape index (κ3) is 3.35. The van der Waals surface area contributed by atoms with Crippen LogP contribution in [-0.2, 0) is 0 Å². The Morgan fingerprint density at radius 2 is 2.17 bits per heavy atom. The number of carbonyl (C=O) groups is 1. The van der Waals surface area contributed by atoms with Gasteiger partial charge in [0.2, 0.25) is 0 Å². The molecule has 1 saturated heterocycles. The monoisotopic (exact) mass is 325 g/mol. The van der Waals surface area contributed by atoms with Crippen LogP contribution in [-0.4, -0.2) is 37.6 Å². The first-order valence-electron chi connectivity index (χ1n) is 8.35. The molecule has 2 aromatic rings. The van der Waals surface area contributed by atoms with Gasteiger partial charge in [0.25, 0.3) is 5.91 Å². The van der Waals surface area contributed by atoms with Crippen LogP contribution < -0.4 is 15.0 Å². The molecule has 5 heteroatoms. The van der Waals surface area contributed by atoms with Crippen LogP contribution >= 0.6 is 0 Å². The number of amides is 1. The SMILES string of the molecule is CCNC(=O)c1ccc(N2CCC(c3ccccc3OC)C2)nc1. The number of rotatable bonds is 5. The second kappa shape index (κ2) is 7.34. The molecule has 126 valence electrons. The van der Waals surface area contributed by atoms with Crippen molar-refractivity contribution < 1.29 is 9.53 Å². The summed E-state index contributed by atoms with van der Waals surface area (Å²) in [5, 5.41) is 2.79. The maximum atomic E-state index is 11.8. The Bertz CT molecular complexity index is 700. The van der Waals surface area contributed by atoms with Gasteiger partial charge in [-0.05, 0) is 37.1 Å². The van der Waals surface area contributed by atoms with Gasteiger partial charge in [0.15, 0.2) is 0 Å². The smallest absolute Gasteiger partial charge is 0.252 e. The molecule has 1 aliphatic heterocycles. The number of hydrogen-bond donors (Lipinski definition) is 1. The molecule has 5 nitrogen and oxygen atoms in total. The normalized spacial score (nSPS) is 16.9. The van der Waals surface area contributed by atoms with Gasteiger partial charge in [-0.25, -0.2) is 4.98 Å². The third-order valence-electron chi connectivity index (χ3n) is 4.44. The van der Waals surface area contributed by atoms with Gasteiger partial charge in [-0.2, -0.15) is 0 Å². The first-order chi connectivity index (χ1) is 11.7. The zero-order valence-electron chi connectivity index (χ0n) is 14.2. The Balaban J connectivity index is 1.70. The van der Waals surface area contributed by atoms with E-state index in [2.05, 4.69) is 27.3 Å². The molecule has 0 aliphatic carbocycles. The summed E-state index contributed by atoms with van der Waals surface area (Å²) in [7, 11) is 1.72. The molecule has 0 spiro atoms. The minimum Gasteiger partial charge on any atom is -0.496 e. The summed E-state index contributed by atoms with van der Waals surface area (Å²) in [4.78, 5) is 18.5. The van der Waals surface area contributed by atoms with Crippen molar-refractivity contribution in [2.24, 2.45) is 0 Å². The molecule has 2 heterocycles. The van der Waals surface area contributed by atoms with Gasteiger partial charge in [-0.15, -0.1) is 0 Å². The molecule has 1 fully saturated rings. The van der Waals surface area contributed by atoms with Gasteiger partial charge in [0.1, 0.15) is 11.6 Å². The maximum absolute atomic E-state index is 11.8. The summed E-state index contributed by atoms with van der Waals surface area (Å²) in [6, 6.07) is 12.0. The molecule has 1 aliphatic rings. The number of anilines is 1. The quantitative estimate of drug-likeness (QED) is 0.918. The van der Waals surface area contributed by atoms with Crippen molar-refractivity contribution in [3.63, 3.8) is 0 Å². The van der Waals surface area contributed by atoms with Crippen LogP contribution in [0.5, 0.6) is 5.75 Å². The second-order valence-electron chi connectivity index (χ2n) is 5.94. The van der Waals surface area contributed by atoms with Crippen LogP contribution in [0.1, 0.15) is 35.2 Å². The van der Waals surface area contributed by atoms with Crippen molar-refractivity contribution in [1.82, 2.24) is 10.3 Å². The van der Waals surface area contributed by atoms with E-state index in [0.717, 1.165) is 31.1 Å². The van der Waals surface area contributed by atoms with E-state index in [0.29, 0.717) is 18.0 Å². The minimum absolute atomic E-state index is 0.0788. The highest BCUT2D eigenvalue weighted by Crippen LogP contribution is 2.34. The van der Waals surface area contributed by atoms with E-state index >= 15 is 0 Å². The van der Waals surface area contributed by atoms with Gasteiger partial charge in [-0.3, -0.25) is 4.79 Å². The standard InChI is InChI=1S/C19H23N3O2/c1-3-20-19(23)14-8-9-18(21-12-14)22-11-10-15(13-22)16-6-4-5-7-17(16)24-2/h4-9,12,15H,3,10-11,13H2,1-2H3,(H,20,23). The van der Waals surface area contributed by atoms with Crippen molar-refractivity contribution in [2.45, 2.75) is 19.3 Å². The van der Waals surface area contributed by atoms with E-state index in [1.54, 1.807) is 13.3 Å². The lowest BCUT2D eigenvalue weighted by molar-refractivity contribution is 0.0955. The largest absolute Gasteiger partial charge is 0.496 e. The summed E-state index contributed by atoms with van der Waals surface area (Å²) in [6.07, 6.45) is 2.72. The van der Waals surface area contributed by atoms with Gasteiger partial charge >= 0.3 is 0 Å². The molecule has 1 unspecified atom stereocenters. The highest BCUT2D eigenvalue weighted by Gasteiger charge is 2.26. The van der Waals surface area contributed by atoms with E-state index in [9.17, 15) is 4.79 Å². The Labute approximate surface area is 142 Å². The van der Waals surface area contributed by atoms with Crippen LogP contribution in [0.4, 0.5) is 5.82 Å². The van der Waals surface area contributed by atoms with Crippen LogP contribution in [0.3, 0.4) is 0 Å². The van der Waals surface area contributed by atoms with Gasteiger partial charge in [0, 0.05) is 31.7 Å². The Morgan fingerprint density at radius 1 is 1.33 bits per heavy atom. The molecule has 1 amide bonds. The topological polar surface area (TPSA) is 54.5 Å². The number of methoxy groups -OCH3 is 1. The molecule has 0 radical (unpaired) electrons. The van der Waals surface area contributed by atoms with Crippen molar-refractivity contribution in [3.8, 4) is 5.75 Å². The van der Waals surface area contributed by atoms with Crippen molar-refractivity contribution in [3.05, 3.63) is 53.7 Å². The number of nitrogens with one attached hydrogen (secondary N) is 1. The summed E-state index contributed by atoms with van der Waals surface area (Å²) >= 11 is 0. The molecule has 1 aromatic carbocycles. The van der Waals surface area contributed by atoms with Crippen molar-refractivity contribution in [2.75, 3.05) is 31.6 Å². The summed E-state index contributed by atoms with van der Waals surface area (Å²) in [5.74, 6) is 2.22. The van der Waals surface area contributed by atoms with E-state index in [4.69, 9.17) is 4.74 Å². The Kier molecular flexibility index (Phi) is 4.99. The summed E-state index contributed by atoms with van der Waals surface area (Å²) < 4.78 is 5.49. The van der Waals surface area contributed by atoms with Crippen molar-refractivity contribution >= 4 is 11.7 Å². The lowest BCUT2D eigenvalue weighted by Gasteiger charge is -2.19. The Morgan fingerprint density at radius 3 is 2.88 bits per heavy atom. The van der Waals surface area contributed by atoms with Gasteiger partial charge in [0.05, 0.1) is 12.7 Å². The number of ether oxygens (including phenoxy) is 1. The lowest BCUT2D eigenvalue weighted by atomic mass is 9.97. The molecule has 24 heavy (non-hydrogen) atoms. The second-order valence-corrected chi connectivity index (χ2v) is 5.94. The average Bonchev–Trinajstić information content (AvgIpc) is 3.12. The van der Waals surface area contributed by atoms with Gasteiger partial charge < -0.3 is 15.0 Å². The predicted octanol–water partition coefficient (Wildman–Crippen LogP) is 2.83. The van der Waals surface area contributed by atoms with E-state index in [1.165, 1.54) is 5.56 Å². The average molecular weight is 325 g/mol. The number of pyridine rings is 1. The number of hydrogen-bond acceptors (Lipinski definition) is 4. The molecule has 0 bridgehead atoms. The van der Waals surface area contributed by atoms with Crippen LogP contribution in [0, 0.1) is 0 Å². The predicted molar refractivity (Wildman–Crippen MR) is 94.8 cm³/mol. The molecular weight excluding hydrogens is 302 g/mol. The van der Waals surface area contributed by atoms with Crippen molar-refractivity contribution in [1.29, 1.82) is 0 Å². The molecule has 1 atom stereocenters. The molecule has 1 N–H and O–H groups in total. The summed E-state index contributed by atoms with van der Waals surface area (Å²) in [6.45, 7) is 4.39. The van der Waals surface area contributed by atoms with Gasteiger partial charge in [-0.1, -0.05) is 18.2 Å². The molecular formula is C19H23N3O2. The number of nitrogens with zero attached hydrogens (tertiary/aromatic N) is 2. The van der Waals surface area contributed by atoms with Crippen LogP contribution in [0.2, 0.25) is 0 Å². The number of carbonyl (C=O) groups excluding carboxylic acids is 1. The lowest BCUT2D eigenvalue weighted by Crippen LogP contribution is -2.24. The van der Waals surface area contributed by atoms with E-state index < -0.39 is 0 Å². The molecule has 0 saturated carbocycles.